The van der Waals surface area contributed by atoms with Gasteiger partial charge in [-0.15, -0.1) is 0 Å². The third-order valence-electron chi connectivity index (χ3n) is 4.61. The van der Waals surface area contributed by atoms with Crippen molar-refractivity contribution < 1.29 is 14.4 Å². The fraction of sp³-hybridized carbons (Fsp3) is 0.318. The summed E-state index contributed by atoms with van der Waals surface area (Å²) in [7, 11) is 0. The predicted octanol–water partition coefficient (Wildman–Crippen LogP) is 4.71. The lowest BCUT2D eigenvalue weighted by Gasteiger charge is -2.15. The highest BCUT2D eigenvalue weighted by atomic mass is 16.2. The molecular weight excluding hydrogens is 354 g/mol. The van der Waals surface area contributed by atoms with Gasteiger partial charge in [-0.1, -0.05) is 39.8 Å². The van der Waals surface area contributed by atoms with Gasteiger partial charge in [0, 0.05) is 17.9 Å². The zero-order valence-corrected chi connectivity index (χ0v) is 16.6. The highest BCUT2D eigenvalue weighted by Crippen LogP contribution is 2.26. The Morgan fingerprint density at radius 2 is 1.43 bits per heavy atom. The molecule has 0 atom stereocenters. The molecule has 0 aromatic heterocycles. The van der Waals surface area contributed by atoms with Crippen molar-refractivity contribution in [3.05, 3.63) is 59.2 Å². The average molecular weight is 379 g/mol. The van der Waals surface area contributed by atoms with Crippen LogP contribution in [0.25, 0.3) is 0 Å². The zero-order valence-electron chi connectivity index (χ0n) is 16.6. The van der Waals surface area contributed by atoms with Gasteiger partial charge < -0.3 is 10.6 Å². The van der Waals surface area contributed by atoms with Crippen LogP contribution in [0.15, 0.2) is 42.5 Å². The summed E-state index contributed by atoms with van der Waals surface area (Å²) in [6.45, 7) is 8.50. The molecule has 2 aromatic rings. The number of imide groups is 1. The Morgan fingerprint density at radius 3 is 2.04 bits per heavy atom. The number of anilines is 2. The van der Waals surface area contributed by atoms with Gasteiger partial charge in [-0.2, -0.15) is 0 Å². The number of urea groups is 1. The Morgan fingerprint density at radius 1 is 0.857 bits per heavy atom. The molecule has 6 heteroatoms. The smallest absolute Gasteiger partial charge is 0.308 e. The summed E-state index contributed by atoms with van der Waals surface area (Å²) in [5.74, 6) is 0.00875. The quantitative estimate of drug-likeness (QED) is 0.739. The van der Waals surface area contributed by atoms with Gasteiger partial charge in [0.1, 0.15) is 0 Å². The summed E-state index contributed by atoms with van der Waals surface area (Å²) in [5, 5.41) is 5.48. The molecule has 6 nitrogen and oxygen atoms in total. The van der Waals surface area contributed by atoms with E-state index in [-0.39, 0.29) is 17.7 Å². The maximum Gasteiger partial charge on any atom is 0.323 e. The van der Waals surface area contributed by atoms with Crippen molar-refractivity contribution in [3.8, 4) is 0 Å². The van der Waals surface area contributed by atoms with E-state index in [1.165, 1.54) is 10.5 Å². The lowest BCUT2D eigenvalue weighted by molar-refractivity contribution is 0.0636. The van der Waals surface area contributed by atoms with Crippen LogP contribution in [-0.2, 0) is 0 Å². The van der Waals surface area contributed by atoms with Crippen LogP contribution < -0.4 is 10.6 Å². The van der Waals surface area contributed by atoms with E-state index < -0.39 is 6.03 Å². The van der Waals surface area contributed by atoms with Gasteiger partial charge in [-0.25, -0.2) is 4.79 Å². The fourth-order valence-corrected chi connectivity index (χ4v) is 3.14. The third kappa shape index (κ3) is 4.06. The molecule has 1 heterocycles. The molecule has 0 saturated carbocycles. The minimum absolute atomic E-state index is 0.188. The molecule has 1 aliphatic rings. The molecule has 0 saturated heterocycles. The number of nitrogens with zero attached hydrogens (tertiary/aromatic N) is 1. The van der Waals surface area contributed by atoms with E-state index >= 15 is 0 Å². The first-order valence-corrected chi connectivity index (χ1v) is 9.44. The van der Waals surface area contributed by atoms with Gasteiger partial charge in [0.05, 0.1) is 11.1 Å². The summed E-state index contributed by atoms with van der Waals surface area (Å²) < 4.78 is 0. The van der Waals surface area contributed by atoms with Gasteiger partial charge in [0.25, 0.3) is 11.8 Å². The normalized spacial score (nSPS) is 13.3. The molecule has 3 rings (SSSR count). The lowest BCUT2D eigenvalue weighted by Crippen LogP contribution is -2.33. The first-order chi connectivity index (χ1) is 13.3. The molecule has 28 heavy (non-hydrogen) atoms. The van der Waals surface area contributed by atoms with Gasteiger partial charge >= 0.3 is 6.03 Å². The van der Waals surface area contributed by atoms with E-state index in [1.807, 2.05) is 38.1 Å². The second-order valence-electron chi connectivity index (χ2n) is 7.73. The Hall–Kier alpha value is -3.15. The van der Waals surface area contributed by atoms with E-state index in [4.69, 9.17) is 0 Å². The molecule has 1 aliphatic heterocycles. The van der Waals surface area contributed by atoms with Crippen LogP contribution in [0.2, 0.25) is 0 Å². The number of carbonyl (C=O) groups excluding carboxylic acids is 3. The van der Waals surface area contributed by atoms with Crippen LogP contribution in [0.3, 0.4) is 0 Å². The van der Waals surface area contributed by atoms with Crippen LogP contribution >= 0.6 is 0 Å². The van der Waals surface area contributed by atoms with Crippen LogP contribution in [0.1, 0.15) is 59.9 Å². The molecule has 0 unspecified atom stereocenters. The minimum atomic E-state index is -0.409. The monoisotopic (exact) mass is 379 g/mol. The van der Waals surface area contributed by atoms with Gasteiger partial charge in [-0.05, 0) is 47.7 Å². The van der Waals surface area contributed by atoms with E-state index in [9.17, 15) is 14.4 Å². The van der Waals surface area contributed by atoms with Crippen molar-refractivity contribution in [2.24, 2.45) is 5.92 Å². The van der Waals surface area contributed by atoms with Crippen molar-refractivity contribution in [3.63, 3.8) is 0 Å². The SMILES string of the molecule is CC(C)CN1C(=O)c2ccc(NC(=O)Nc3ccc(C(C)C)cc3)cc2C1=O. The summed E-state index contributed by atoms with van der Waals surface area (Å²) in [5.41, 5.74) is 3.03. The summed E-state index contributed by atoms with van der Waals surface area (Å²) in [4.78, 5) is 38.5. The van der Waals surface area contributed by atoms with E-state index in [0.29, 0.717) is 35.0 Å². The first-order valence-electron chi connectivity index (χ1n) is 9.44. The topological polar surface area (TPSA) is 78.5 Å². The van der Waals surface area contributed by atoms with Crippen molar-refractivity contribution in [2.75, 3.05) is 17.2 Å². The molecular formula is C22H25N3O3. The van der Waals surface area contributed by atoms with E-state index in [0.717, 1.165) is 0 Å². The van der Waals surface area contributed by atoms with E-state index in [2.05, 4.69) is 24.5 Å². The maximum absolute atomic E-state index is 12.5. The highest BCUT2D eigenvalue weighted by Gasteiger charge is 2.35. The predicted molar refractivity (Wildman–Crippen MR) is 110 cm³/mol. The van der Waals surface area contributed by atoms with E-state index in [1.54, 1.807) is 18.2 Å². The Bertz CT molecular complexity index is 917. The molecule has 0 radical (unpaired) electrons. The maximum atomic E-state index is 12.5. The van der Waals surface area contributed by atoms with Crippen LogP contribution in [0.5, 0.6) is 0 Å². The van der Waals surface area contributed by atoms with Gasteiger partial charge in [0.15, 0.2) is 0 Å². The number of carbonyl (C=O) groups is 3. The van der Waals surface area contributed by atoms with Crippen LogP contribution in [0, 0.1) is 5.92 Å². The third-order valence-corrected chi connectivity index (χ3v) is 4.61. The number of hydrogen-bond acceptors (Lipinski definition) is 3. The average Bonchev–Trinajstić information content (AvgIpc) is 2.86. The summed E-state index contributed by atoms with van der Waals surface area (Å²) in [6, 6.07) is 12.0. The Balaban J connectivity index is 1.69. The van der Waals surface area contributed by atoms with Crippen molar-refractivity contribution in [1.82, 2.24) is 4.90 Å². The standard InChI is InChI=1S/C22H25N3O3/c1-13(2)12-25-20(26)18-10-9-17(11-19(18)21(25)27)24-22(28)23-16-7-5-15(6-8-16)14(3)4/h5-11,13-14H,12H2,1-4H3,(H2,23,24,28). The molecule has 2 N–H and O–H groups in total. The van der Waals surface area contributed by atoms with Gasteiger partial charge in [0.2, 0.25) is 0 Å². The zero-order chi connectivity index (χ0) is 20.4. The summed E-state index contributed by atoms with van der Waals surface area (Å²) >= 11 is 0. The molecule has 2 aromatic carbocycles. The summed E-state index contributed by atoms with van der Waals surface area (Å²) in [6.07, 6.45) is 0. The molecule has 0 aliphatic carbocycles. The number of benzene rings is 2. The van der Waals surface area contributed by atoms with Crippen LogP contribution in [-0.4, -0.2) is 29.3 Å². The van der Waals surface area contributed by atoms with Crippen molar-refractivity contribution >= 4 is 29.2 Å². The Labute approximate surface area is 164 Å². The number of rotatable bonds is 5. The second-order valence-corrected chi connectivity index (χ2v) is 7.73. The van der Waals surface area contributed by atoms with Crippen molar-refractivity contribution in [1.29, 1.82) is 0 Å². The number of amides is 4. The van der Waals surface area contributed by atoms with Crippen LogP contribution in [0.4, 0.5) is 16.2 Å². The number of hydrogen-bond donors (Lipinski definition) is 2. The molecule has 0 bridgehead atoms. The second kappa shape index (κ2) is 7.84. The first kappa shape index (κ1) is 19.6. The Kier molecular flexibility index (Phi) is 5.49. The molecule has 146 valence electrons. The number of fused-ring (bicyclic) bond motifs is 1. The molecule has 0 spiro atoms. The number of nitrogens with one attached hydrogen (secondary N) is 2. The largest absolute Gasteiger partial charge is 0.323 e. The van der Waals surface area contributed by atoms with Gasteiger partial charge in [-0.3, -0.25) is 14.5 Å². The fourth-order valence-electron chi connectivity index (χ4n) is 3.14. The molecule has 0 fully saturated rings. The highest BCUT2D eigenvalue weighted by molar-refractivity contribution is 6.22. The van der Waals surface area contributed by atoms with Crippen molar-refractivity contribution in [2.45, 2.75) is 33.6 Å². The minimum Gasteiger partial charge on any atom is -0.308 e. The lowest BCUT2D eigenvalue weighted by atomic mass is 10.0. The molecule has 4 amide bonds.